The van der Waals surface area contributed by atoms with E-state index in [0.717, 1.165) is 10.9 Å². The summed E-state index contributed by atoms with van der Waals surface area (Å²) in [6.45, 7) is 4.19. The maximum Gasteiger partial charge on any atom is 0.131 e. The van der Waals surface area contributed by atoms with Crippen LogP contribution in [0.1, 0.15) is 11.1 Å². The first-order valence-corrected chi connectivity index (χ1v) is 6.41. The van der Waals surface area contributed by atoms with Crippen LogP contribution < -0.4 is 0 Å². The lowest BCUT2D eigenvalue weighted by Crippen LogP contribution is -1.86. The summed E-state index contributed by atoms with van der Waals surface area (Å²) in [6.07, 6.45) is 0. The van der Waals surface area contributed by atoms with Crippen LogP contribution in [0, 0.1) is 19.7 Å². The van der Waals surface area contributed by atoms with Gasteiger partial charge in [-0.05, 0) is 48.1 Å². The van der Waals surface area contributed by atoms with Gasteiger partial charge < -0.3 is 0 Å². The van der Waals surface area contributed by atoms with Crippen LogP contribution in [0.15, 0.2) is 54.6 Å². The molecule has 3 aromatic carbocycles. The van der Waals surface area contributed by atoms with Crippen LogP contribution in [0.2, 0.25) is 0 Å². The summed E-state index contributed by atoms with van der Waals surface area (Å²) in [7, 11) is 0. The lowest BCUT2D eigenvalue weighted by molar-refractivity contribution is 0.640. The third-order valence-electron chi connectivity index (χ3n) is 3.53. The van der Waals surface area contributed by atoms with Crippen LogP contribution in [0.4, 0.5) is 4.39 Å². The fourth-order valence-electron chi connectivity index (χ4n) is 2.46. The van der Waals surface area contributed by atoms with Crippen molar-refractivity contribution in [3.63, 3.8) is 0 Å². The second-order valence-electron chi connectivity index (χ2n) is 4.99. The van der Waals surface area contributed by atoms with E-state index in [1.807, 2.05) is 18.2 Å². The molecular weight excluding hydrogens is 235 g/mol. The number of hydrogen-bond acceptors (Lipinski definition) is 0. The first-order chi connectivity index (χ1) is 9.15. The summed E-state index contributed by atoms with van der Waals surface area (Å²) in [5, 5.41) is 1.62. The second kappa shape index (κ2) is 4.51. The third kappa shape index (κ3) is 2.12. The number of hydrogen-bond donors (Lipinski definition) is 0. The molecule has 1 heteroatoms. The van der Waals surface area contributed by atoms with Crippen molar-refractivity contribution in [2.24, 2.45) is 0 Å². The van der Waals surface area contributed by atoms with Crippen molar-refractivity contribution in [1.29, 1.82) is 0 Å². The van der Waals surface area contributed by atoms with Gasteiger partial charge in [-0.3, -0.25) is 0 Å². The maximum atomic E-state index is 13.7. The highest BCUT2D eigenvalue weighted by atomic mass is 19.1. The van der Waals surface area contributed by atoms with Crippen LogP contribution in [-0.2, 0) is 0 Å². The highest BCUT2D eigenvalue weighted by Crippen LogP contribution is 2.28. The molecule has 19 heavy (non-hydrogen) atoms. The Bertz CT molecular complexity index is 757. The average Bonchev–Trinajstić information content (AvgIpc) is 2.41. The Morgan fingerprint density at radius 2 is 1.68 bits per heavy atom. The van der Waals surface area contributed by atoms with Gasteiger partial charge in [0.05, 0.1) is 0 Å². The van der Waals surface area contributed by atoms with E-state index in [0.29, 0.717) is 5.39 Å². The molecule has 0 bridgehead atoms. The van der Waals surface area contributed by atoms with Gasteiger partial charge in [-0.15, -0.1) is 0 Å². The topological polar surface area (TPSA) is 0 Å². The normalized spacial score (nSPS) is 10.9. The van der Waals surface area contributed by atoms with Gasteiger partial charge in [-0.2, -0.15) is 0 Å². The predicted molar refractivity (Wildman–Crippen MR) is 78.8 cm³/mol. The Balaban J connectivity index is 2.23. The van der Waals surface area contributed by atoms with Gasteiger partial charge in [-0.1, -0.05) is 48.0 Å². The fourth-order valence-corrected chi connectivity index (χ4v) is 2.46. The van der Waals surface area contributed by atoms with E-state index in [-0.39, 0.29) is 5.82 Å². The number of halogens is 1. The van der Waals surface area contributed by atoms with E-state index in [1.165, 1.54) is 22.8 Å². The van der Waals surface area contributed by atoms with E-state index >= 15 is 0 Å². The first kappa shape index (κ1) is 11.9. The Morgan fingerprint density at radius 3 is 2.53 bits per heavy atom. The van der Waals surface area contributed by atoms with Gasteiger partial charge in [0.2, 0.25) is 0 Å². The standard InChI is InChI=1S/C18H15F/c1-12-6-7-13(2)17(10-12)15-8-9-16-14(11-15)4-3-5-18(16)19/h3-11H,1-2H3. The van der Waals surface area contributed by atoms with E-state index in [4.69, 9.17) is 0 Å². The molecule has 0 aliphatic carbocycles. The molecule has 0 aliphatic rings. The van der Waals surface area contributed by atoms with Crippen molar-refractivity contribution < 1.29 is 4.39 Å². The van der Waals surface area contributed by atoms with Crippen LogP contribution in [0.5, 0.6) is 0 Å². The van der Waals surface area contributed by atoms with Crippen molar-refractivity contribution >= 4 is 10.8 Å². The number of fused-ring (bicyclic) bond motifs is 1. The maximum absolute atomic E-state index is 13.7. The minimum absolute atomic E-state index is 0.162. The van der Waals surface area contributed by atoms with E-state index in [2.05, 4.69) is 38.1 Å². The zero-order valence-electron chi connectivity index (χ0n) is 11.1. The van der Waals surface area contributed by atoms with E-state index in [1.54, 1.807) is 6.07 Å². The molecule has 0 amide bonds. The minimum atomic E-state index is -0.162. The van der Waals surface area contributed by atoms with Crippen LogP contribution in [0.25, 0.3) is 21.9 Å². The van der Waals surface area contributed by atoms with E-state index < -0.39 is 0 Å². The molecule has 0 unspecified atom stereocenters. The Kier molecular flexibility index (Phi) is 2.83. The summed E-state index contributed by atoms with van der Waals surface area (Å²) in [4.78, 5) is 0. The summed E-state index contributed by atoms with van der Waals surface area (Å²) < 4.78 is 13.7. The molecular formula is C18H15F. The molecule has 0 spiro atoms. The highest BCUT2D eigenvalue weighted by molar-refractivity contribution is 5.88. The third-order valence-corrected chi connectivity index (χ3v) is 3.53. The van der Waals surface area contributed by atoms with Gasteiger partial charge in [0.25, 0.3) is 0 Å². The van der Waals surface area contributed by atoms with Gasteiger partial charge in [0.1, 0.15) is 5.82 Å². The summed E-state index contributed by atoms with van der Waals surface area (Å²) in [6, 6.07) is 17.5. The van der Waals surface area contributed by atoms with Crippen molar-refractivity contribution in [2.45, 2.75) is 13.8 Å². The predicted octanol–water partition coefficient (Wildman–Crippen LogP) is 5.26. The molecule has 0 fully saturated rings. The van der Waals surface area contributed by atoms with Crippen LogP contribution >= 0.6 is 0 Å². The molecule has 0 aromatic heterocycles. The molecule has 0 saturated heterocycles. The molecule has 0 aliphatic heterocycles. The lowest BCUT2D eigenvalue weighted by Gasteiger charge is -2.09. The van der Waals surface area contributed by atoms with Crippen LogP contribution in [-0.4, -0.2) is 0 Å². The SMILES string of the molecule is Cc1ccc(C)c(-c2ccc3c(F)cccc3c2)c1. The number of benzene rings is 3. The lowest BCUT2D eigenvalue weighted by atomic mass is 9.96. The van der Waals surface area contributed by atoms with Crippen molar-refractivity contribution in [3.05, 3.63) is 71.5 Å². The summed E-state index contributed by atoms with van der Waals surface area (Å²) in [5.74, 6) is -0.162. The van der Waals surface area contributed by atoms with Gasteiger partial charge in [0.15, 0.2) is 0 Å². The smallest absolute Gasteiger partial charge is 0.131 e. The first-order valence-electron chi connectivity index (χ1n) is 6.41. The molecule has 0 nitrogen and oxygen atoms in total. The summed E-state index contributed by atoms with van der Waals surface area (Å²) >= 11 is 0. The van der Waals surface area contributed by atoms with Gasteiger partial charge in [-0.25, -0.2) is 4.39 Å². The van der Waals surface area contributed by atoms with Crippen molar-refractivity contribution in [1.82, 2.24) is 0 Å². The second-order valence-corrected chi connectivity index (χ2v) is 4.99. The van der Waals surface area contributed by atoms with Gasteiger partial charge in [0, 0.05) is 5.39 Å². The molecule has 0 N–H and O–H groups in total. The minimum Gasteiger partial charge on any atom is -0.206 e. The number of rotatable bonds is 1. The molecule has 0 heterocycles. The molecule has 94 valence electrons. The van der Waals surface area contributed by atoms with Gasteiger partial charge >= 0.3 is 0 Å². The monoisotopic (exact) mass is 250 g/mol. The molecule has 0 saturated carbocycles. The summed E-state index contributed by atoms with van der Waals surface area (Å²) in [5.41, 5.74) is 4.83. The number of aryl methyl sites for hydroxylation is 2. The largest absolute Gasteiger partial charge is 0.206 e. The quantitative estimate of drug-likeness (QED) is 0.552. The van der Waals surface area contributed by atoms with Crippen molar-refractivity contribution in [3.8, 4) is 11.1 Å². The van der Waals surface area contributed by atoms with E-state index in [9.17, 15) is 4.39 Å². The highest BCUT2D eigenvalue weighted by Gasteiger charge is 2.05. The molecule has 3 rings (SSSR count). The Labute approximate surface area is 112 Å². The molecule has 3 aromatic rings. The fraction of sp³-hybridized carbons (Fsp3) is 0.111. The molecule has 0 radical (unpaired) electrons. The zero-order chi connectivity index (χ0) is 13.4. The Morgan fingerprint density at radius 1 is 0.842 bits per heavy atom. The zero-order valence-corrected chi connectivity index (χ0v) is 11.1. The molecule has 0 atom stereocenters. The average molecular weight is 250 g/mol. The van der Waals surface area contributed by atoms with Crippen molar-refractivity contribution in [2.75, 3.05) is 0 Å². The van der Waals surface area contributed by atoms with Crippen LogP contribution in [0.3, 0.4) is 0 Å². The Hall–Kier alpha value is -2.15.